The van der Waals surface area contributed by atoms with Crippen molar-refractivity contribution in [2.45, 2.75) is 42.2 Å². The highest BCUT2D eigenvalue weighted by atomic mass is 32.2. The van der Waals surface area contributed by atoms with E-state index in [4.69, 9.17) is 0 Å². The smallest absolute Gasteiger partial charge is 0.154 e. The highest BCUT2D eigenvalue weighted by Crippen LogP contribution is 2.49. The van der Waals surface area contributed by atoms with E-state index in [0.29, 0.717) is 11.1 Å². The van der Waals surface area contributed by atoms with Crippen LogP contribution in [-0.4, -0.2) is 37.5 Å². The van der Waals surface area contributed by atoms with E-state index < -0.39 is 12.8 Å². The van der Waals surface area contributed by atoms with Crippen molar-refractivity contribution in [1.29, 1.82) is 5.26 Å². The first-order chi connectivity index (χ1) is 15.5. The van der Waals surface area contributed by atoms with Gasteiger partial charge in [-0.2, -0.15) is 5.26 Å². The number of likely N-dealkylation sites (tertiary alicyclic amines) is 1. The number of anilines is 1. The minimum Gasteiger partial charge on any atom is -0.358 e. The molecule has 2 aliphatic heterocycles. The number of nitrogens with zero attached hydrogens (tertiary/aromatic N) is 2. The first kappa shape index (κ1) is 22.8. The Labute approximate surface area is 193 Å². The number of alkyl halides is 2. The van der Waals surface area contributed by atoms with E-state index in [-0.39, 0.29) is 5.41 Å². The van der Waals surface area contributed by atoms with Gasteiger partial charge in [0.15, 0.2) is 6.17 Å². The molecule has 2 aliphatic rings. The SMILES string of the molecule is C=C1Nc2ccc(C#N)cc2C12CCN(CCCc1ccc(SC)c(C(F)CF)c1)CC2. The van der Waals surface area contributed by atoms with Crippen LogP contribution in [-0.2, 0) is 11.8 Å². The van der Waals surface area contributed by atoms with E-state index in [0.717, 1.165) is 67.2 Å². The van der Waals surface area contributed by atoms with Crippen LogP contribution in [0.2, 0.25) is 0 Å². The minimum atomic E-state index is -1.55. The summed E-state index contributed by atoms with van der Waals surface area (Å²) in [6.45, 7) is 6.24. The first-order valence-electron chi connectivity index (χ1n) is 11.1. The molecule has 0 amide bonds. The third-order valence-corrected chi connectivity index (χ3v) is 7.76. The fourth-order valence-corrected chi connectivity index (χ4v) is 5.69. The molecule has 2 aromatic rings. The standard InChI is InChI=1S/C26H29F2N3S/c1-18-26(22-15-20(17-29)5-7-24(22)30-18)9-12-31(13-10-26)11-3-4-19-6-8-25(32-2)21(14-19)23(28)16-27/h5-8,14-15,23,30H,1,3-4,9-13,16H2,2H3. The number of piperidine rings is 1. The lowest BCUT2D eigenvalue weighted by atomic mass is 9.72. The van der Waals surface area contributed by atoms with E-state index in [1.807, 2.05) is 42.7 Å². The van der Waals surface area contributed by atoms with Crippen molar-refractivity contribution in [1.82, 2.24) is 4.90 Å². The second kappa shape index (κ2) is 9.64. The summed E-state index contributed by atoms with van der Waals surface area (Å²) in [5.41, 5.74) is 5.45. The molecular weight excluding hydrogens is 424 g/mol. The summed E-state index contributed by atoms with van der Waals surface area (Å²) >= 11 is 1.46. The van der Waals surface area contributed by atoms with Crippen LogP contribution in [0.25, 0.3) is 0 Å². The van der Waals surface area contributed by atoms with Gasteiger partial charge in [-0.05, 0) is 87.0 Å². The molecule has 4 rings (SSSR count). The molecule has 168 valence electrons. The monoisotopic (exact) mass is 453 g/mol. The van der Waals surface area contributed by atoms with Crippen LogP contribution >= 0.6 is 11.8 Å². The fraction of sp³-hybridized carbons (Fsp3) is 0.423. The third-order valence-electron chi connectivity index (χ3n) is 6.94. The summed E-state index contributed by atoms with van der Waals surface area (Å²) in [5, 5.41) is 12.7. The summed E-state index contributed by atoms with van der Waals surface area (Å²) in [5.74, 6) is 0. The normalized spacial score (nSPS) is 18.2. The zero-order valence-electron chi connectivity index (χ0n) is 18.5. The number of aryl methyl sites for hydroxylation is 1. The number of nitrogens with one attached hydrogen (secondary N) is 1. The van der Waals surface area contributed by atoms with Gasteiger partial charge in [0.1, 0.15) is 6.67 Å². The number of halogens is 2. The lowest BCUT2D eigenvalue weighted by molar-refractivity contribution is 0.179. The van der Waals surface area contributed by atoms with Crippen molar-refractivity contribution >= 4 is 17.4 Å². The number of hydrogen-bond acceptors (Lipinski definition) is 4. The van der Waals surface area contributed by atoms with Gasteiger partial charge in [0.25, 0.3) is 0 Å². The van der Waals surface area contributed by atoms with Crippen LogP contribution < -0.4 is 5.32 Å². The van der Waals surface area contributed by atoms with Crippen molar-refractivity contribution in [3.05, 3.63) is 70.9 Å². The Hall–Kier alpha value is -2.36. The predicted octanol–water partition coefficient (Wildman–Crippen LogP) is 6.17. The molecule has 1 saturated heterocycles. The highest BCUT2D eigenvalue weighted by molar-refractivity contribution is 7.98. The van der Waals surface area contributed by atoms with Gasteiger partial charge < -0.3 is 10.2 Å². The summed E-state index contributed by atoms with van der Waals surface area (Å²) in [6.07, 6.45) is 4.13. The molecule has 0 saturated carbocycles. The van der Waals surface area contributed by atoms with Gasteiger partial charge >= 0.3 is 0 Å². The maximum absolute atomic E-state index is 14.0. The van der Waals surface area contributed by atoms with Gasteiger partial charge in [-0.15, -0.1) is 11.8 Å². The summed E-state index contributed by atoms with van der Waals surface area (Å²) in [6, 6.07) is 13.9. The van der Waals surface area contributed by atoms with Crippen molar-refractivity contribution in [2.24, 2.45) is 0 Å². The highest BCUT2D eigenvalue weighted by Gasteiger charge is 2.44. The molecule has 1 fully saturated rings. The summed E-state index contributed by atoms with van der Waals surface area (Å²) in [7, 11) is 0. The largest absolute Gasteiger partial charge is 0.358 e. The number of thioether (sulfide) groups is 1. The van der Waals surface area contributed by atoms with E-state index in [9.17, 15) is 14.0 Å². The number of rotatable bonds is 7. The molecule has 0 radical (unpaired) electrons. The second-order valence-corrected chi connectivity index (χ2v) is 9.55. The average molecular weight is 454 g/mol. The van der Waals surface area contributed by atoms with Crippen LogP contribution in [0, 0.1) is 11.3 Å². The third kappa shape index (κ3) is 4.29. The molecule has 1 atom stereocenters. The van der Waals surface area contributed by atoms with E-state index in [1.165, 1.54) is 17.3 Å². The van der Waals surface area contributed by atoms with Crippen LogP contribution in [0.15, 0.2) is 53.6 Å². The zero-order chi connectivity index (χ0) is 22.7. The van der Waals surface area contributed by atoms with Crippen LogP contribution in [0.3, 0.4) is 0 Å². The van der Waals surface area contributed by atoms with Gasteiger partial charge in [-0.1, -0.05) is 18.7 Å². The Balaban J connectivity index is 1.35. The van der Waals surface area contributed by atoms with Gasteiger partial charge in [-0.25, -0.2) is 8.78 Å². The van der Waals surface area contributed by atoms with E-state index in [1.54, 1.807) is 0 Å². The average Bonchev–Trinajstić information content (AvgIpc) is 3.09. The molecule has 2 aromatic carbocycles. The van der Waals surface area contributed by atoms with Crippen LogP contribution in [0.1, 0.15) is 47.7 Å². The number of benzene rings is 2. The van der Waals surface area contributed by atoms with Gasteiger partial charge in [-0.3, -0.25) is 0 Å². The molecule has 1 spiro atoms. The fourth-order valence-electron chi connectivity index (χ4n) is 5.07. The number of nitriles is 1. The summed E-state index contributed by atoms with van der Waals surface area (Å²) in [4.78, 5) is 3.28. The van der Waals surface area contributed by atoms with Crippen molar-refractivity contribution < 1.29 is 8.78 Å². The quantitative estimate of drug-likeness (QED) is 0.509. The maximum Gasteiger partial charge on any atom is 0.154 e. The maximum atomic E-state index is 14.0. The van der Waals surface area contributed by atoms with Crippen LogP contribution in [0.5, 0.6) is 0 Å². The Bertz CT molecular complexity index is 1040. The van der Waals surface area contributed by atoms with Gasteiger partial charge in [0, 0.05) is 27.3 Å². The Morgan fingerprint density at radius 1 is 1.25 bits per heavy atom. The summed E-state index contributed by atoms with van der Waals surface area (Å²) < 4.78 is 26.9. The van der Waals surface area contributed by atoms with Crippen molar-refractivity contribution in [2.75, 3.05) is 37.9 Å². The number of allylic oxidation sites excluding steroid dienone is 1. The molecule has 6 heteroatoms. The predicted molar refractivity (Wildman–Crippen MR) is 128 cm³/mol. The van der Waals surface area contributed by atoms with Gasteiger partial charge in [0.2, 0.25) is 0 Å². The number of hydrogen-bond donors (Lipinski definition) is 1. The zero-order valence-corrected chi connectivity index (χ0v) is 19.3. The Morgan fingerprint density at radius 3 is 2.72 bits per heavy atom. The molecular formula is C26H29F2N3S. The van der Waals surface area contributed by atoms with Crippen LogP contribution in [0.4, 0.5) is 14.5 Å². The Morgan fingerprint density at radius 2 is 2.03 bits per heavy atom. The minimum absolute atomic E-state index is 0.0935. The van der Waals surface area contributed by atoms with E-state index in [2.05, 4.69) is 22.9 Å². The molecule has 2 heterocycles. The topological polar surface area (TPSA) is 39.1 Å². The first-order valence-corrected chi connectivity index (χ1v) is 12.3. The number of fused-ring (bicyclic) bond motifs is 2. The lowest BCUT2D eigenvalue weighted by Crippen LogP contribution is -2.43. The molecule has 1 unspecified atom stereocenters. The lowest BCUT2D eigenvalue weighted by Gasteiger charge is -2.40. The molecule has 0 aliphatic carbocycles. The molecule has 0 bridgehead atoms. The van der Waals surface area contributed by atoms with Crippen molar-refractivity contribution in [3.8, 4) is 6.07 Å². The van der Waals surface area contributed by atoms with Gasteiger partial charge in [0.05, 0.1) is 11.6 Å². The molecule has 3 nitrogen and oxygen atoms in total. The molecule has 32 heavy (non-hydrogen) atoms. The molecule has 1 N–H and O–H groups in total. The molecule has 0 aromatic heterocycles. The van der Waals surface area contributed by atoms with E-state index >= 15 is 0 Å². The van der Waals surface area contributed by atoms with Crippen molar-refractivity contribution in [3.63, 3.8) is 0 Å². The Kier molecular flexibility index (Phi) is 6.88. The second-order valence-electron chi connectivity index (χ2n) is 8.70.